The van der Waals surface area contributed by atoms with Gasteiger partial charge in [0.15, 0.2) is 0 Å². The molecule has 0 unspecified atom stereocenters. The summed E-state index contributed by atoms with van der Waals surface area (Å²) in [5, 5.41) is 0. The highest BCUT2D eigenvalue weighted by molar-refractivity contribution is 6.19. The predicted octanol–water partition coefficient (Wildman–Crippen LogP) is 5.28. The number of halogens is 1. The average Bonchev–Trinajstić information content (AvgIpc) is 2.87. The fourth-order valence-corrected chi connectivity index (χ4v) is 5.24. The Balaban J connectivity index is 1.69. The first kappa shape index (κ1) is 15.9. The van der Waals surface area contributed by atoms with Gasteiger partial charge in [-0.15, -0.1) is 0 Å². The Morgan fingerprint density at radius 1 is 1.17 bits per heavy atom. The summed E-state index contributed by atoms with van der Waals surface area (Å²) in [5.74, 6) is 0.196. The minimum atomic E-state index is -0.270. The number of benzene rings is 1. The van der Waals surface area contributed by atoms with Crippen LogP contribution < -0.4 is 0 Å². The maximum atomic E-state index is 13.3. The third kappa shape index (κ3) is 2.24. The molecule has 0 amide bonds. The lowest BCUT2D eigenvalue weighted by atomic mass is 9.53. The predicted molar refractivity (Wildman–Crippen MR) is 91.7 cm³/mol. The summed E-state index contributed by atoms with van der Waals surface area (Å²) in [6, 6.07) is 6.29. The van der Waals surface area contributed by atoms with Gasteiger partial charge in [0, 0.05) is 5.41 Å². The lowest BCUT2D eigenvalue weighted by Gasteiger charge is -2.54. The van der Waals surface area contributed by atoms with Crippen molar-refractivity contribution in [2.75, 3.05) is 0 Å². The number of carbonyl (C=O) groups is 1. The molecule has 1 aromatic carbocycles. The fourth-order valence-electron chi connectivity index (χ4n) is 5.24. The number of rotatable bonds is 6. The van der Waals surface area contributed by atoms with Crippen LogP contribution in [-0.4, -0.2) is 12.1 Å². The first-order valence-electron chi connectivity index (χ1n) is 9.37. The second-order valence-corrected chi connectivity index (χ2v) is 7.58. The van der Waals surface area contributed by atoms with Crippen LogP contribution in [-0.2, 0) is 9.53 Å². The second-order valence-electron chi connectivity index (χ2n) is 7.58. The van der Waals surface area contributed by atoms with E-state index in [1.165, 1.54) is 49.8 Å². The van der Waals surface area contributed by atoms with Crippen molar-refractivity contribution in [3.8, 4) is 0 Å². The van der Waals surface area contributed by atoms with Gasteiger partial charge in [-0.1, -0.05) is 44.7 Å². The topological polar surface area (TPSA) is 26.3 Å². The summed E-state index contributed by atoms with van der Waals surface area (Å²) >= 11 is 0. The summed E-state index contributed by atoms with van der Waals surface area (Å²) in [6.07, 6.45) is 9.37. The molecule has 2 saturated carbocycles. The van der Waals surface area contributed by atoms with Crippen molar-refractivity contribution in [2.45, 2.75) is 64.4 Å². The molecule has 0 bridgehead atoms. The maximum absolute atomic E-state index is 13.3. The summed E-state index contributed by atoms with van der Waals surface area (Å²) in [4.78, 5) is 12.6. The lowest BCUT2D eigenvalue weighted by Crippen LogP contribution is -2.51. The first-order valence-corrected chi connectivity index (χ1v) is 9.37. The summed E-state index contributed by atoms with van der Waals surface area (Å²) in [6.45, 7) is 2.23. The van der Waals surface area contributed by atoms with Crippen LogP contribution in [0.3, 0.4) is 0 Å². The molecule has 0 aromatic heterocycles. The van der Waals surface area contributed by atoms with E-state index in [4.69, 9.17) is 4.74 Å². The van der Waals surface area contributed by atoms with Gasteiger partial charge in [0.2, 0.25) is 0 Å². The van der Waals surface area contributed by atoms with E-state index in [2.05, 4.69) is 6.92 Å². The smallest absolute Gasteiger partial charge is 0.339 e. The minimum absolute atomic E-state index is 0.0737. The van der Waals surface area contributed by atoms with Crippen LogP contribution in [0.1, 0.15) is 63.9 Å². The molecule has 0 saturated heterocycles. The lowest BCUT2D eigenvalue weighted by molar-refractivity contribution is -0.152. The molecule has 2 fully saturated rings. The first-order chi connectivity index (χ1) is 11.7. The zero-order valence-corrected chi connectivity index (χ0v) is 14.3. The zero-order chi connectivity index (χ0) is 16.7. The Kier molecular flexibility index (Phi) is 3.98. The van der Waals surface area contributed by atoms with Crippen LogP contribution in [0.4, 0.5) is 4.39 Å². The average molecular weight is 328 g/mol. The molecular weight excluding hydrogens is 303 g/mol. The van der Waals surface area contributed by atoms with E-state index in [9.17, 15) is 9.18 Å². The number of unbranched alkanes of at least 4 members (excludes halogenated alkanes) is 3. The van der Waals surface area contributed by atoms with E-state index in [1.807, 2.05) is 0 Å². The van der Waals surface area contributed by atoms with Gasteiger partial charge in [0.1, 0.15) is 11.9 Å². The summed E-state index contributed by atoms with van der Waals surface area (Å²) in [5.41, 5.74) is 2.92. The maximum Gasteiger partial charge on any atom is 0.339 e. The standard InChI is InChI=1S/C21H25FO2/c1-2-3-4-5-12-21-15-8-11-18(21)24-20(23)19(17(21)13-15)14-6-9-16(22)10-7-14/h6-7,9-10,15,18H,2-5,8,11-13H2,1H3/t15-,18-,21-/m1/s1. The quantitative estimate of drug-likeness (QED) is 0.525. The van der Waals surface area contributed by atoms with Crippen LogP contribution in [0.15, 0.2) is 29.8 Å². The summed E-state index contributed by atoms with van der Waals surface area (Å²) in [7, 11) is 0. The minimum Gasteiger partial charge on any atom is -0.458 e. The number of ether oxygens (including phenoxy) is 1. The van der Waals surface area contributed by atoms with Gasteiger partial charge in [0.25, 0.3) is 0 Å². The van der Waals surface area contributed by atoms with Gasteiger partial charge in [-0.05, 0) is 54.9 Å². The van der Waals surface area contributed by atoms with Crippen molar-refractivity contribution in [3.05, 3.63) is 41.2 Å². The van der Waals surface area contributed by atoms with Crippen LogP contribution in [0.2, 0.25) is 0 Å². The fraction of sp³-hybridized carbons (Fsp3) is 0.571. The highest BCUT2D eigenvalue weighted by atomic mass is 19.1. The van der Waals surface area contributed by atoms with E-state index in [0.717, 1.165) is 30.4 Å². The van der Waals surface area contributed by atoms with Crippen LogP contribution >= 0.6 is 0 Å². The SMILES string of the molecule is CCCCCC[C@@]12C3=C(c4ccc(F)cc4)C(=O)O[C@@H]1CC[C@@H]2C3. The number of hydrogen-bond acceptors (Lipinski definition) is 2. The van der Waals surface area contributed by atoms with Crippen molar-refractivity contribution < 1.29 is 13.9 Å². The Hall–Kier alpha value is -1.64. The molecule has 24 heavy (non-hydrogen) atoms. The Morgan fingerprint density at radius 2 is 1.96 bits per heavy atom. The van der Waals surface area contributed by atoms with Gasteiger partial charge >= 0.3 is 5.97 Å². The normalized spacial score (nSPS) is 30.8. The van der Waals surface area contributed by atoms with Crippen molar-refractivity contribution >= 4 is 11.5 Å². The van der Waals surface area contributed by atoms with Gasteiger partial charge in [-0.2, -0.15) is 0 Å². The van der Waals surface area contributed by atoms with E-state index in [-0.39, 0.29) is 23.3 Å². The van der Waals surface area contributed by atoms with E-state index < -0.39 is 0 Å². The van der Waals surface area contributed by atoms with Crippen molar-refractivity contribution in [3.63, 3.8) is 0 Å². The van der Waals surface area contributed by atoms with Crippen molar-refractivity contribution in [2.24, 2.45) is 11.3 Å². The van der Waals surface area contributed by atoms with E-state index in [0.29, 0.717) is 5.92 Å². The molecule has 2 nitrogen and oxygen atoms in total. The third-order valence-electron chi connectivity index (χ3n) is 6.42. The van der Waals surface area contributed by atoms with E-state index >= 15 is 0 Å². The van der Waals surface area contributed by atoms with Crippen LogP contribution in [0, 0.1) is 17.2 Å². The molecule has 3 aliphatic rings. The third-order valence-corrected chi connectivity index (χ3v) is 6.42. The molecule has 128 valence electrons. The molecule has 0 N–H and O–H groups in total. The molecule has 2 aliphatic carbocycles. The molecule has 1 aromatic rings. The van der Waals surface area contributed by atoms with Crippen molar-refractivity contribution in [1.82, 2.24) is 0 Å². The van der Waals surface area contributed by atoms with Crippen LogP contribution in [0.25, 0.3) is 5.57 Å². The molecule has 0 spiro atoms. The van der Waals surface area contributed by atoms with Gasteiger partial charge in [-0.25, -0.2) is 9.18 Å². The van der Waals surface area contributed by atoms with Crippen LogP contribution in [0.5, 0.6) is 0 Å². The summed E-state index contributed by atoms with van der Waals surface area (Å²) < 4.78 is 19.1. The van der Waals surface area contributed by atoms with Gasteiger partial charge < -0.3 is 4.74 Å². The molecule has 1 heterocycles. The van der Waals surface area contributed by atoms with Gasteiger partial charge in [-0.3, -0.25) is 0 Å². The monoisotopic (exact) mass is 328 g/mol. The zero-order valence-electron chi connectivity index (χ0n) is 14.3. The molecular formula is C21H25FO2. The molecule has 3 heteroatoms. The number of esters is 1. The van der Waals surface area contributed by atoms with Crippen molar-refractivity contribution in [1.29, 1.82) is 0 Å². The second kappa shape index (κ2) is 6.02. The molecule has 0 radical (unpaired) electrons. The molecule has 3 atom stereocenters. The molecule has 4 rings (SSSR count). The largest absolute Gasteiger partial charge is 0.458 e. The highest BCUT2D eigenvalue weighted by Crippen LogP contribution is 2.67. The van der Waals surface area contributed by atoms with Gasteiger partial charge in [0.05, 0.1) is 5.57 Å². The number of carbonyl (C=O) groups excluding carboxylic acids is 1. The van der Waals surface area contributed by atoms with E-state index in [1.54, 1.807) is 12.1 Å². The Labute approximate surface area is 143 Å². The molecule has 1 aliphatic heterocycles. The Morgan fingerprint density at radius 3 is 2.71 bits per heavy atom. The highest BCUT2D eigenvalue weighted by Gasteiger charge is 2.63. The Bertz CT molecular complexity index is 676. The number of hydrogen-bond donors (Lipinski definition) is 0.